The summed E-state index contributed by atoms with van der Waals surface area (Å²) in [7, 11) is 0. The summed E-state index contributed by atoms with van der Waals surface area (Å²) in [5, 5.41) is 3.22. The van der Waals surface area contributed by atoms with Gasteiger partial charge in [0.2, 0.25) is 0 Å². The summed E-state index contributed by atoms with van der Waals surface area (Å²) in [6, 6.07) is 15.4. The van der Waals surface area contributed by atoms with Crippen molar-refractivity contribution < 1.29 is 23.5 Å². The molecule has 0 aliphatic carbocycles. The molecule has 8 nitrogen and oxygen atoms in total. The van der Waals surface area contributed by atoms with Crippen LogP contribution in [0.15, 0.2) is 58.2 Å². The molecule has 2 heterocycles. The van der Waals surface area contributed by atoms with Crippen LogP contribution >= 0.6 is 11.8 Å². The molecule has 3 aromatic rings. The van der Waals surface area contributed by atoms with Gasteiger partial charge in [-0.1, -0.05) is 48.2 Å². The van der Waals surface area contributed by atoms with Gasteiger partial charge in [0.25, 0.3) is 11.1 Å². The Hall–Kier alpha value is -2.88. The SMILES string of the molecule is O=C(COC(=O)CSc1nc2ccccc2o1)NCc1ccccc1CN1CCOCC1. The Morgan fingerprint density at radius 3 is 2.62 bits per heavy atom. The van der Waals surface area contributed by atoms with E-state index in [2.05, 4.69) is 21.3 Å². The van der Waals surface area contributed by atoms with Crippen molar-refractivity contribution >= 4 is 34.7 Å². The number of rotatable bonds is 9. The van der Waals surface area contributed by atoms with Crippen LogP contribution in [0.4, 0.5) is 0 Å². The average molecular weight is 456 g/mol. The second kappa shape index (κ2) is 11.1. The lowest BCUT2D eigenvalue weighted by Gasteiger charge is -2.27. The van der Waals surface area contributed by atoms with E-state index in [1.165, 1.54) is 5.56 Å². The summed E-state index contributed by atoms with van der Waals surface area (Å²) in [6.45, 7) is 4.17. The number of benzene rings is 2. The van der Waals surface area contributed by atoms with Gasteiger partial charge in [0.15, 0.2) is 12.2 Å². The molecule has 9 heteroatoms. The van der Waals surface area contributed by atoms with Crippen LogP contribution in [0.5, 0.6) is 0 Å². The molecule has 2 aromatic carbocycles. The van der Waals surface area contributed by atoms with Gasteiger partial charge >= 0.3 is 5.97 Å². The van der Waals surface area contributed by atoms with Gasteiger partial charge in [0.05, 0.1) is 13.2 Å². The first-order valence-corrected chi connectivity index (χ1v) is 11.4. The van der Waals surface area contributed by atoms with Gasteiger partial charge in [-0.15, -0.1) is 0 Å². The van der Waals surface area contributed by atoms with E-state index < -0.39 is 5.97 Å². The van der Waals surface area contributed by atoms with Gasteiger partial charge < -0.3 is 19.2 Å². The van der Waals surface area contributed by atoms with Gasteiger partial charge in [0.1, 0.15) is 11.3 Å². The minimum Gasteiger partial charge on any atom is -0.455 e. The first kappa shape index (κ1) is 22.3. The topological polar surface area (TPSA) is 93.9 Å². The highest BCUT2D eigenvalue weighted by Crippen LogP contribution is 2.23. The molecule has 1 N–H and O–H groups in total. The third-order valence-electron chi connectivity index (χ3n) is 5.04. The number of carbonyl (C=O) groups is 2. The van der Waals surface area contributed by atoms with Crippen molar-refractivity contribution in [3.63, 3.8) is 0 Å². The first-order valence-electron chi connectivity index (χ1n) is 10.4. The number of esters is 1. The standard InChI is InChI=1S/C23H25N3O5S/c27-21(15-30-22(28)16-32-23-25-19-7-3-4-8-20(19)31-23)24-13-17-5-1-2-6-18(17)14-26-9-11-29-12-10-26/h1-8H,9-16H2,(H,24,27). The molecule has 0 unspecified atom stereocenters. The van der Waals surface area contributed by atoms with Gasteiger partial charge in [-0.3, -0.25) is 14.5 Å². The largest absolute Gasteiger partial charge is 0.455 e. The highest BCUT2D eigenvalue weighted by atomic mass is 32.2. The van der Waals surface area contributed by atoms with Crippen LogP contribution in [0, 0.1) is 0 Å². The Balaban J connectivity index is 1.19. The predicted molar refractivity (Wildman–Crippen MR) is 120 cm³/mol. The second-order valence-corrected chi connectivity index (χ2v) is 8.26. The zero-order chi connectivity index (χ0) is 22.2. The molecular formula is C23H25N3O5S. The smallest absolute Gasteiger partial charge is 0.316 e. The van der Waals surface area contributed by atoms with Crippen LogP contribution in [0.3, 0.4) is 0 Å². The Morgan fingerprint density at radius 1 is 1.06 bits per heavy atom. The van der Waals surface area contributed by atoms with Crippen molar-refractivity contribution in [2.45, 2.75) is 18.3 Å². The summed E-state index contributed by atoms with van der Waals surface area (Å²) in [5.74, 6) is -0.825. The van der Waals surface area contributed by atoms with Crippen LogP contribution in [0.25, 0.3) is 11.1 Å². The maximum atomic E-state index is 12.2. The fourth-order valence-electron chi connectivity index (χ4n) is 3.35. The maximum absolute atomic E-state index is 12.2. The third kappa shape index (κ3) is 6.32. The van der Waals surface area contributed by atoms with Gasteiger partial charge in [-0.05, 0) is 23.3 Å². The molecule has 1 saturated heterocycles. The number of fused-ring (bicyclic) bond motifs is 1. The van der Waals surface area contributed by atoms with E-state index in [0.717, 1.165) is 55.7 Å². The van der Waals surface area contributed by atoms with Crippen molar-refractivity contribution in [3.05, 3.63) is 59.7 Å². The lowest BCUT2D eigenvalue weighted by Crippen LogP contribution is -2.36. The molecule has 0 spiro atoms. The van der Waals surface area contributed by atoms with Crippen LogP contribution < -0.4 is 5.32 Å². The van der Waals surface area contributed by atoms with E-state index in [4.69, 9.17) is 13.9 Å². The number of nitrogens with zero attached hydrogens (tertiary/aromatic N) is 2. The number of para-hydroxylation sites is 2. The molecular weight excluding hydrogens is 430 g/mol. The van der Waals surface area contributed by atoms with E-state index in [-0.39, 0.29) is 18.3 Å². The molecule has 168 valence electrons. The number of ether oxygens (including phenoxy) is 2. The first-order chi connectivity index (χ1) is 15.7. The van der Waals surface area contributed by atoms with Crippen molar-refractivity contribution in [2.24, 2.45) is 0 Å². The zero-order valence-corrected chi connectivity index (χ0v) is 18.4. The van der Waals surface area contributed by atoms with Gasteiger partial charge in [0, 0.05) is 26.2 Å². The van der Waals surface area contributed by atoms with Crippen molar-refractivity contribution in [1.82, 2.24) is 15.2 Å². The normalized spacial score (nSPS) is 14.4. The van der Waals surface area contributed by atoms with Gasteiger partial charge in [-0.25, -0.2) is 4.98 Å². The van der Waals surface area contributed by atoms with E-state index in [9.17, 15) is 9.59 Å². The zero-order valence-electron chi connectivity index (χ0n) is 17.6. The number of morpholine rings is 1. The van der Waals surface area contributed by atoms with E-state index in [0.29, 0.717) is 17.4 Å². The number of carbonyl (C=O) groups excluding carboxylic acids is 2. The minimum atomic E-state index is -0.500. The fourth-order valence-corrected chi connectivity index (χ4v) is 3.99. The number of amides is 1. The Kier molecular flexibility index (Phi) is 7.76. The fraction of sp³-hybridized carbons (Fsp3) is 0.348. The molecule has 1 amide bonds. The average Bonchev–Trinajstić information content (AvgIpc) is 3.24. The van der Waals surface area contributed by atoms with Crippen molar-refractivity contribution in [2.75, 3.05) is 38.7 Å². The quantitative estimate of drug-likeness (QED) is 0.389. The maximum Gasteiger partial charge on any atom is 0.316 e. The molecule has 0 bridgehead atoms. The number of nitrogens with one attached hydrogen (secondary N) is 1. The third-order valence-corrected chi connectivity index (χ3v) is 5.85. The lowest BCUT2D eigenvalue weighted by molar-refractivity contribution is -0.146. The lowest BCUT2D eigenvalue weighted by atomic mass is 10.1. The highest BCUT2D eigenvalue weighted by Gasteiger charge is 2.14. The molecule has 1 aliphatic heterocycles. The molecule has 1 aromatic heterocycles. The monoisotopic (exact) mass is 455 g/mol. The summed E-state index contributed by atoms with van der Waals surface area (Å²) in [4.78, 5) is 30.8. The van der Waals surface area contributed by atoms with Crippen LogP contribution in [-0.4, -0.2) is 60.4 Å². The highest BCUT2D eigenvalue weighted by molar-refractivity contribution is 7.99. The summed E-state index contributed by atoms with van der Waals surface area (Å²) < 4.78 is 16.0. The molecule has 32 heavy (non-hydrogen) atoms. The molecule has 1 aliphatic rings. The summed E-state index contributed by atoms with van der Waals surface area (Å²) in [6.07, 6.45) is 0. The second-order valence-electron chi connectivity index (χ2n) is 7.33. The number of hydrogen-bond donors (Lipinski definition) is 1. The minimum absolute atomic E-state index is 0.0164. The van der Waals surface area contributed by atoms with Crippen LogP contribution in [-0.2, 0) is 32.2 Å². The molecule has 0 saturated carbocycles. The number of oxazole rings is 1. The molecule has 0 atom stereocenters. The summed E-state index contributed by atoms with van der Waals surface area (Å²) >= 11 is 1.14. The summed E-state index contributed by atoms with van der Waals surface area (Å²) in [5.41, 5.74) is 3.61. The Bertz CT molecular complexity index is 1030. The van der Waals surface area contributed by atoms with Crippen molar-refractivity contribution in [1.29, 1.82) is 0 Å². The Morgan fingerprint density at radius 2 is 1.81 bits per heavy atom. The van der Waals surface area contributed by atoms with Crippen LogP contribution in [0.2, 0.25) is 0 Å². The number of hydrogen-bond acceptors (Lipinski definition) is 8. The number of aromatic nitrogens is 1. The molecule has 0 radical (unpaired) electrons. The van der Waals surface area contributed by atoms with Crippen molar-refractivity contribution in [3.8, 4) is 0 Å². The van der Waals surface area contributed by atoms with Crippen LogP contribution in [0.1, 0.15) is 11.1 Å². The predicted octanol–water partition coefficient (Wildman–Crippen LogP) is 2.61. The number of thioether (sulfide) groups is 1. The molecule has 4 rings (SSSR count). The Labute approximate surface area is 190 Å². The van der Waals surface area contributed by atoms with E-state index in [1.54, 1.807) is 0 Å². The van der Waals surface area contributed by atoms with E-state index >= 15 is 0 Å². The molecule has 1 fully saturated rings. The van der Waals surface area contributed by atoms with E-state index in [1.807, 2.05) is 42.5 Å². The van der Waals surface area contributed by atoms with Gasteiger partial charge in [-0.2, -0.15) is 0 Å².